The lowest BCUT2D eigenvalue weighted by Crippen LogP contribution is -2.13. The highest BCUT2D eigenvalue weighted by molar-refractivity contribution is 7.86. The Kier molecular flexibility index (Phi) is 7.95. The third-order valence-corrected chi connectivity index (χ3v) is 5.03. The second-order valence-electron chi connectivity index (χ2n) is 5.90. The van der Waals surface area contributed by atoms with E-state index in [1.807, 2.05) is 6.92 Å². The van der Waals surface area contributed by atoms with Crippen molar-refractivity contribution in [2.24, 2.45) is 0 Å². The molecule has 0 unspecified atom stereocenters. The summed E-state index contributed by atoms with van der Waals surface area (Å²) in [6.07, 6.45) is 1.42. The maximum absolute atomic E-state index is 12.1. The third-order valence-electron chi connectivity index (χ3n) is 3.71. The molecule has 0 aliphatic carbocycles. The Bertz CT molecular complexity index is 1000. The van der Waals surface area contributed by atoms with Crippen molar-refractivity contribution in [3.63, 3.8) is 0 Å². The number of hydrogen-bond donors (Lipinski definition) is 0. The summed E-state index contributed by atoms with van der Waals surface area (Å²) in [7, 11) is -3.83. The lowest BCUT2D eigenvalue weighted by atomic mass is 10.1. The van der Waals surface area contributed by atoms with E-state index >= 15 is 0 Å². The second-order valence-corrected chi connectivity index (χ2v) is 7.51. The van der Waals surface area contributed by atoms with Gasteiger partial charge >= 0.3 is 5.97 Å². The van der Waals surface area contributed by atoms with E-state index < -0.39 is 16.1 Å². The molecule has 0 radical (unpaired) electrons. The molecule has 0 amide bonds. The largest absolute Gasteiger partial charge is 0.491 e. The summed E-state index contributed by atoms with van der Waals surface area (Å²) in [4.78, 5) is 11.7. The van der Waals surface area contributed by atoms with Crippen LogP contribution in [0.3, 0.4) is 0 Å². The Labute approximate surface area is 170 Å². The smallest absolute Gasteiger partial charge is 0.348 e. The van der Waals surface area contributed by atoms with Gasteiger partial charge in [-0.05, 0) is 49.8 Å². The van der Waals surface area contributed by atoms with Crippen LogP contribution in [0, 0.1) is 18.3 Å². The van der Waals surface area contributed by atoms with E-state index in [4.69, 9.17) is 18.9 Å². The van der Waals surface area contributed by atoms with Gasteiger partial charge in [-0.2, -0.15) is 13.7 Å². The first-order valence-corrected chi connectivity index (χ1v) is 10.2. The molecule has 2 aromatic rings. The molecule has 0 fully saturated rings. The van der Waals surface area contributed by atoms with Gasteiger partial charge in [-0.15, -0.1) is 0 Å². The van der Waals surface area contributed by atoms with Crippen LogP contribution in [0.1, 0.15) is 18.1 Å². The quantitative estimate of drug-likeness (QED) is 0.204. The summed E-state index contributed by atoms with van der Waals surface area (Å²) in [6, 6.07) is 14.8. The topological polar surface area (TPSA) is 103 Å². The Morgan fingerprint density at radius 1 is 1.07 bits per heavy atom. The molecule has 0 spiro atoms. The summed E-state index contributed by atoms with van der Waals surface area (Å²) in [5.74, 6) is -0.185. The lowest BCUT2D eigenvalue weighted by Gasteiger charge is -2.08. The zero-order valence-corrected chi connectivity index (χ0v) is 16.9. The number of nitrogens with zero attached hydrogens (tertiary/aromatic N) is 1. The number of esters is 1. The number of benzene rings is 2. The highest BCUT2D eigenvalue weighted by atomic mass is 32.2. The molecule has 0 heterocycles. The predicted octanol–water partition coefficient (Wildman–Crippen LogP) is 3.25. The van der Waals surface area contributed by atoms with Gasteiger partial charge in [-0.25, -0.2) is 4.79 Å². The number of rotatable bonds is 9. The maximum atomic E-state index is 12.1. The van der Waals surface area contributed by atoms with Gasteiger partial charge < -0.3 is 9.47 Å². The van der Waals surface area contributed by atoms with Crippen LogP contribution in [-0.2, 0) is 23.8 Å². The fourth-order valence-electron chi connectivity index (χ4n) is 2.25. The van der Waals surface area contributed by atoms with E-state index in [-0.39, 0.29) is 30.3 Å². The average Bonchev–Trinajstić information content (AvgIpc) is 2.71. The molecule has 2 rings (SSSR count). The normalized spacial score (nSPS) is 11.6. The third kappa shape index (κ3) is 6.75. The number of carbonyl (C=O) groups is 1. The summed E-state index contributed by atoms with van der Waals surface area (Å²) >= 11 is 0. The Balaban J connectivity index is 1.88. The fourth-order valence-corrected chi connectivity index (χ4v) is 3.14. The maximum Gasteiger partial charge on any atom is 0.348 e. The summed E-state index contributed by atoms with van der Waals surface area (Å²) in [5, 5.41) is 9.04. The molecule has 0 saturated heterocycles. The molecule has 8 heteroatoms. The van der Waals surface area contributed by atoms with E-state index in [9.17, 15) is 13.2 Å². The van der Waals surface area contributed by atoms with E-state index in [1.165, 1.54) is 18.2 Å². The molecule has 0 aromatic heterocycles. The van der Waals surface area contributed by atoms with Gasteiger partial charge in [0.25, 0.3) is 10.1 Å². The van der Waals surface area contributed by atoms with Crippen LogP contribution >= 0.6 is 0 Å². The minimum Gasteiger partial charge on any atom is -0.491 e. The van der Waals surface area contributed by atoms with Gasteiger partial charge in [-0.1, -0.05) is 29.8 Å². The van der Waals surface area contributed by atoms with Gasteiger partial charge in [0, 0.05) is 0 Å². The Morgan fingerprint density at radius 3 is 2.31 bits per heavy atom. The van der Waals surface area contributed by atoms with E-state index in [2.05, 4.69) is 0 Å². The molecule has 0 aliphatic rings. The standard InChI is InChI=1S/C21H21NO6S/c1-3-26-21(23)18(15-22)14-17-6-8-19(9-7-17)27-12-13-28-29(24,25)20-10-4-16(2)5-11-20/h4-11,14H,3,12-13H2,1-2H3/b18-14+. The van der Waals surface area contributed by atoms with Gasteiger partial charge in [0.05, 0.1) is 11.5 Å². The van der Waals surface area contributed by atoms with Crippen LogP contribution in [-0.4, -0.2) is 34.2 Å². The first-order valence-electron chi connectivity index (χ1n) is 8.83. The number of nitriles is 1. The SMILES string of the molecule is CCOC(=O)/C(C#N)=C/c1ccc(OCCOS(=O)(=O)c2ccc(C)cc2)cc1. The number of carbonyl (C=O) groups excluding carboxylic acids is 1. The lowest BCUT2D eigenvalue weighted by molar-refractivity contribution is -0.137. The van der Waals surface area contributed by atoms with Crippen LogP contribution < -0.4 is 4.74 Å². The van der Waals surface area contributed by atoms with Gasteiger partial charge in [0.1, 0.15) is 30.6 Å². The van der Waals surface area contributed by atoms with Crippen molar-refractivity contribution in [1.29, 1.82) is 5.26 Å². The minimum absolute atomic E-state index is 0.0343. The predicted molar refractivity (Wildman–Crippen MR) is 106 cm³/mol. The van der Waals surface area contributed by atoms with Crippen LogP contribution in [0.2, 0.25) is 0 Å². The highest BCUT2D eigenvalue weighted by Crippen LogP contribution is 2.16. The molecule has 152 valence electrons. The second kappa shape index (κ2) is 10.4. The molecule has 2 aromatic carbocycles. The number of ether oxygens (including phenoxy) is 2. The molecular formula is C21H21NO6S. The zero-order valence-electron chi connectivity index (χ0n) is 16.1. The van der Waals surface area contributed by atoms with Crippen molar-refractivity contribution in [3.05, 3.63) is 65.2 Å². The molecular weight excluding hydrogens is 394 g/mol. The van der Waals surface area contributed by atoms with Gasteiger partial charge in [-0.3, -0.25) is 4.18 Å². The highest BCUT2D eigenvalue weighted by Gasteiger charge is 2.14. The first kappa shape index (κ1) is 22.1. The van der Waals surface area contributed by atoms with Crippen LogP contribution in [0.15, 0.2) is 59.0 Å². The summed E-state index contributed by atoms with van der Waals surface area (Å²) in [6.45, 7) is 3.61. The van der Waals surface area contributed by atoms with E-state index in [0.29, 0.717) is 11.3 Å². The molecule has 0 atom stereocenters. The zero-order chi connectivity index (χ0) is 21.3. The number of hydrogen-bond acceptors (Lipinski definition) is 7. The van der Waals surface area contributed by atoms with Crippen molar-refractivity contribution < 1.29 is 26.9 Å². The monoisotopic (exact) mass is 415 g/mol. The molecule has 0 saturated carbocycles. The van der Waals surface area contributed by atoms with Crippen molar-refractivity contribution in [1.82, 2.24) is 0 Å². The molecule has 0 N–H and O–H groups in total. The fraction of sp³-hybridized carbons (Fsp3) is 0.238. The van der Waals surface area contributed by atoms with E-state index in [1.54, 1.807) is 49.4 Å². The van der Waals surface area contributed by atoms with Gasteiger partial charge in [0.2, 0.25) is 0 Å². The van der Waals surface area contributed by atoms with Crippen LogP contribution in [0.4, 0.5) is 0 Å². The Morgan fingerprint density at radius 2 is 1.72 bits per heavy atom. The van der Waals surface area contributed by atoms with Crippen LogP contribution in [0.5, 0.6) is 5.75 Å². The van der Waals surface area contributed by atoms with Crippen LogP contribution in [0.25, 0.3) is 6.08 Å². The first-order chi connectivity index (χ1) is 13.9. The van der Waals surface area contributed by atoms with Crippen molar-refractivity contribution in [2.75, 3.05) is 19.8 Å². The Hall–Kier alpha value is -3.15. The summed E-state index contributed by atoms with van der Waals surface area (Å²) in [5.41, 5.74) is 1.48. The molecule has 7 nitrogen and oxygen atoms in total. The van der Waals surface area contributed by atoms with Crippen molar-refractivity contribution in [2.45, 2.75) is 18.7 Å². The molecule has 29 heavy (non-hydrogen) atoms. The van der Waals surface area contributed by atoms with Gasteiger partial charge in [0.15, 0.2) is 0 Å². The molecule has 0 aliphatic heterocycles. The van der Waals surface area contributed by atoms with Crippen molar-refractivity contribution in [3.8, 4) is 11.8 Å². The minimum atomic E-state index is -3.83. The number of aryl methyl sites for hydroxylation is 1. The molecule has 0 bridgehead atoms. The van der Waals surface area contributed by atoms with Crippen molar-refractivity contribution >= 4 is 22.2 Å². The average molecular weight is 415 g/mol. The summed E-state index contributed by atoms with van der Waals surface area (Å²) < 4.78 is 39.4. The van der Waals surface area contributed by atoms with E-state index in [0.717, 1.165) is 5.56 Å².